The summed E-state index contributed by atoms with van der Waals surface area (Å²) in [6.07, 6.45) is 9.40. The first-order valence-corrected chi connectivity index (χ1v) is 9.80. The van der Waals surface area contributed by atoms with E-state index in [0.717, 1.165) is 75.6 Å². The van der Waals surface area contributed by atoms with Gasteiger partial charge in [-0.05, 0) is 38.0 Å². The molecule has 0 radical (unpaired) electrons. The maximum absolute atomic E-state index is 5.65. The fourth-order valence-electron chi connectivity index (χ4n) is 3.16. The number of halogens is 1. The number of hydrogen-bond acceptors (Lipinski definition) is 4. The zero-order chi connectivity index (χ0) is 17.3. The summed E-state index contributed by atoms with van der Waals surface area (Å²) in [6.45, 7) is 4.52. The molecule has 2 aliphatic rings. The topological polar surface area (TPSA) is 76.4 Å². The van der Waals surface area contributed by atoms with E-state index in [4.69, 9.17) is 4.74 Å². The fraction of sp³-hybridized carbons (Fsp3) is 0.833. The Bertz CT molecular complexity index is 558. The molecule has 2 N–H and O–H groups in total. The van der Waals surface area contributed by atoms with Gasteiger partial charge in [-0.1, -0.05) is 6.42 Å². The molecule has 0 atom stereocenters. The lowest BCUT2D eigenvalue weighted by Gasteiger charge is -2.12. The average Bonchev–Trinajstić information content (AvgIpc) is 3.42. The van der Waals surface area contributed by atoms with Crippen molar-refractivity contribution in [2.45, 2.75) is 57.9 Å². The highest BCUT2D eigenvalue weighted by molar-refractivity contribution is 14.0. The second-order valence-corrected chi connectivity index (χ2v) is 7.04. The summed E-state index contributed by atoms with van der Waals surface area (Å²) in [4.78, 5) is 4.28. The van der Waals surface area contributed by atoms with E-state index in [0.29, 0.717) is 0 Å². The van der Waals surface area contributed by atoms with Gasteiger partial charge in [-0.2, -0.15) is 0 Å². The highest BCUT2D eigenvalue weighted by atomic mass is 127. The van der Waals surface area contributed by atoms with Crippen LogP contribution in [0.1, 0.15) is 50.2 Å². The summed E-state index contributed by atoms with van der Waals surface area (Å²) in [5, 5.41) is 15.4. The number of fused-ring (bicyclic) bond motifs is 1. The third-order valence-corrected chi connectivity index (χ3v) is 4.86. The molecule has 1 saturated carbocycles. The average molecular weight is 476 g/mol. The van der Waals surface area contributed by atoms with E-state index in [1.807, 2.05) is 7.05 Å². The van der Waals surface area contributed by atoms with Gasteiger partial charge in [0, 0.05) is 52.7 Å². The molecule has 0 saturated heterocycles. The molecule has 1 aromatic heterocycles. The number of aliphatic imine (C=N–C) groups is 1. The van der Waals surface area contributed by atoms with Crippen molar-refractivity contribution in [1.82, 2.24) is 25.4 Å². The lowest BCUT2D eigenvalue weighted by molar-refractivity contribution is 0.123. The van der Waals surface area contributed by atoms with Gasteiger partial charge in [-0.25, -0.2) is 0 Å². The summed E-state index contributed by atoms with van der Waals surface area (Å²) < 4.78 is 7.96. The minimum Gasteiger partial charge on any atom is -0.381 e. The molecule has 0 unspecified atom stereocenters. The van der Waals surface area contributed by atoms with Crippen LogP contribution < -0.4 is 10.6 Å². The van der Waals surface area contributed by atoms with E-state index in [1.165, 1.54) is 32.1 Å². The zero-order valence-corrected chi connectivity index (χ0v) is 18.2. The van der Waals surface area contributed by atoms with Crippen molar-refractivity contribution in [2.75, 3.05) is 33.4 Å². The molecule has 148 valence electrons. The number of guanidine groups is 1. The number of aromatic nitrogens is 3. The SMILES string of the molecule is CN=C(NCCCOCC1CC1)NCCc1nnc2n1CCCCC2.I. The maximum atomic E-state index is 5.65. The first-order chi connectivity index (χ1) is 12.4. The Labute approximate surface area is 173 Å². The molecule has 0 amide bonds. The van der Waals surface area contributed by atoms with Crippen LogP contribution >= 0.6 is 24.0 Å². The highest BCUT2D eigenvalue weighted by Gasteiger charge is 2.20. The maximum Gasteiger partial charge on any atom is 0.190 e. The van der Waals surface area contributed by atoms with Crippen LogP contribution in [0.15, 0.2) is 4.99 Å². The molecule has 1 aliphatic carbocycles. The van der Waals surface area contributed by atoms with Gasteiger partial charge in [0.1, 0.15) is 11.6 Å². The first-order valence-electron chi connectivity index (χ1n) is 9.80. The molecule has 1 aliphatic heterocycles. The van der Waals surface area contributed by atoms with Gasteiger partial charge >= 0.3 is 0 Å². The van der Waals surface area contributed by atoms with E-state index in [9.17, 15) is 0 Å². The molecule has 0 aromatic carbocycles. The molecule has 1 aromatic rings. The Morgan fingerprint density at radius 3 is 2.85 bits per heavy atom. The molecule has 8 heteroatoms. The van der Waals surface area contributed by atoms with Crippen LogP contribution in [0.2, 0.25) is 0 Å². The van der Waals surface area contributed by atoms with E-state index in [2.05, 4.69) is 30.4 Å². The van der Waals surface area contributed by atoms with Crippen molar-refractivity contribution in [1.29, 1.82) is 0 Å². The number of hydrogen-bond donors (Lipinski definition) is 2. The molecular weight excluding hydrogens is 443 g/mol. The number of nitrogens with zero attached hydrogens (tertiary/aromatic N) is 4. The van der Waals surface area contributed by atoms with Crippen LogP contribution in [0.4, 0.5) is 0 Å². The molecular formula is C18H33IN6O. The Morgan fingerprint density at radius 2 is 2.04 bits per heavy atom. The van der Waals surface area contributed by atoms with E-state index in [-0.39, 0.29) is 24.0 Å². The van der Waals surface area contributed by atoms with E-state index in [1.54, 1.807) is 0 Å². The van der Waals surface area contributed by atoms with E-state index < -0.39 is 0 Å². The highest BCUT2D eigenvalue weighted by Crippen LogP contribution is 2.28. The van der Waals surface area contributed by atoms with Crippen molar-refractivity contribution in [3.8, 4) is 0 Å². The molecule has 26 heavy (non-hydrogen) atoms. The van der Waals surface area contributed by atoms with Gasteiger partial charge in [0.15, 0.2) is 5.96 Å². The molecule has 0 bridgehead atoms. The van der Waals surface area contributed by atoms with Crippen LogP contribution in [0.5, 0.6) is 0 Å². The number of rotatable bonds is 9. The Kier molecular flexibility index (Phi) is 9.66. The van der Waals surface area contributed by atoms with Crippen molar-refractivity contribution >= 4 is 29.9 Å². The van der Waals surface area contributed by atoms with Gasteiger partial charge in [0.2, 0.25) is 0 Å². The molecule has 2 heterocycles. The molecule has 7 nitrogen and oxygen atoms in total. The predicted octanol–water partition coefficient (Wildman–Crippen LogP) is 2.15. The number of aryl methyl sites for hydroxylation is 1. The minimum absolute atomic E-state index is 0. The van der Waals surface area contributed by atoms with Gasteiger partial charge < -0.3 is 19.9 Å². The van der Waals surface area contributed by atoms with Gasteiger partial charge in [0.05, 0.1) is 0 Å². The summed E-state index contributed by atoms with van der Waals surface area (Å²) >= 11 is 0. The number of ether oxygens (including phenoxy) is 1. The second-order valence-electron chi connectivity index (χ2n) is 7.04. The van der Waals surface area contributed by atoms with Crippen LogP contribution in [-0.4, -0.2) is 54.1 Å². The lowest BCUT2D eigenvalue weighted by atomic mass is 10.2. The van der Waals surface area contributed by atoms with Crippen molar-refractivity contribution < 1.29 is 4.74 Å². The van der Waals surface area contributed by atoms with Crippen LogP contribution in [0.3, 0.4) is 0 Å². The van der Waals surface area contributed by atoms with Crippen LogP contribution in [-0.2, 0) is 24.1 Å². The standard InChI is InChI=1S/C18H32N6O.HI/c1-19-18(20-10-5-13-25-14-15-7-8-15)21-11-9-17-23-22-16-6-3-2-4-12-24(16)17;/h15H,2-14H2,1H3,(H2,19,20,21);1H. The monoisotopic (exact) mass is 476 g/mol. The third kappa shape index (κ3) is 7.02. The van der Waals surface area contributed by atoms with Gasteiger partial charge in [-0.3, -0.25) is 4.99 Å². The molecule has 1 fully saturated rings. The smallest absolute Gasteiger partial charge is 0.190 e. The predicted molar refractivity (Wildman–Crippen MR) is 114 cm³/mol. The number of nitrogens with one attached hydrogen (secondary N) is 2. The molecule has 0 spiro atoms. The third-order valence-electron chi connectivity index (χ3n) is 4.86. The van der Waals surface area contributed by atoms with Crippen molar-refractivity contribution in [3.05, 3.63) is 11.6 Å². The largest absolute Gasteiger partial charge is 0.381 e. The van der Waals surface area contributed by atoms with Crippen molar-refractivity contribution in [3.63, 3.8) is 0 Å². The van der Waals surface area contributed by atoms with Crippen LogP contribution in [0.25, 0.3) is 0 Å². The first kappa shape index (κ1) is 21.4. The van der Waals surface area contributed by atoms with Crippen molar-refractivity contribution in [2.24, 2.45) is 10.9 Å². The van der Waals surface area contributed by atoms with Gasteiger partial charge in [0.25, 0.3) is 0 Å². The summed E-state index contributed by atoms with van der Waals surface area (Å²) in [5.74, 6) is 3.93. The fourth-order valence-corrected chi connectivity index (χ4v) is 3.16. The Hall–Kier alpha value is -0.900. The van der Waals surface area contributed by atoms with Crippen LogP contribution in [0, 0.1) is 5.92 Å². The quantitative estimate of drug-likeness (QED) is 0.247. The zero-order valence-electron chi connectivity index (χ0n) is 15.9. The summed E-state index contributed by atoms with van der Waals surface area (Å²) in [5.41, 5.74) is 0. The van der Waals surface area contributed by atoms with Gasteiger partial charge in [-0.15, -0.1) is 34.2 Å². The summed E-state index contributed by atoms with van der Waals surface area (Å²) in [6, 6.07) is 0. The molecule has 3 rings (SSSR count). The second kappa shape index (κ2) is 11.7. The summed E-state index contributed by atoms with van der Waals surface area (Å²) in [7, 11) is 1.81. The van der Waals surface area contributed by atoms with E-state index >= 15 is 0 Å². The Morgan fingerprint density at radius 1 is 1.19 bits per heavy atom. The minimum atomic E-state index is 0. The Balaban J connectivity index is 0.00000243. The normalized spacial score (nSPS) is 17.2. The lowest BCUT2D eigenvalue weighted by Crippen LogP contribution is -2.39.